The number of azide groups is 2. The Hall–Kier alpha value is -5.34. The monoisotopic (exact) mass is 1400 g/mol. The molecule has 1 saturated heterocycles. The second kappa shape index (κ2) is 35.2. The number of carbonyl (C=O) groups excluding carboxylic acids is 3. The van der Waals surface area contributed by atoms with Crippen LogP contribution in [-0.2, 0) is 23.8 Å². The van der Waals surface area contributed by atoms with Crippen LogP contribution in [0, 0.1) is 126 Å². The predicted octanol–water partition coefficient (Wildman–Crippen LogP) is 15.5. The molecule has 99 heavy (non-hydrogen) atoms. The Balaban J connectivity index is 0.000000208. The van der Waals surface area contributed by atoms with Gasteiger partial charge in [-0.05, 0) is 269 Å². The molecule has 9 fully saturated rings. The van der Waals surface area contributed by atoms with Crippen LogP contribution in [0.5, 0.6) is 0 Å². The van der Waals surface area contributed by atoms with Gasteiger partial charge >= 0.3 is 23.3 Å². The van der Waals surface area contributed by atoms with Crippen molar-refractivity contribution in [3.8, 4) is 0 Å². The Morgan fingerprint density at radius 3 is 1.39 bits per heavy atom. The van der Waals surface area contributed by atoms with Crippen LogP contribution >= 0.6 is 11.6 Å². The van der Waals surface area contributed by atoms with Gasteiger partial charge < -0.3 is 49.7 Å². The van der Waals surface area contributed by atoms with E-state index in [0.717, 1.165) is 132 Å². The fraction of sp³-hybridized carbons (Fsp3) is 0.779. The van der Waals surface area contributed by atoms with E-state index in [9.17, 15) is 44.4 Å². The quantitative estimate of drug-likeness (QED) is 0.0299. The summed E-state index contributed by atoms with van der Waals surface area (Å²) in [4.78, 5) is 65.4. The van der Waals surface area contributed by atoms with Crippen molar-refractivity contribution in [3.05, 3.63) is 90.7 Å². The highest BCUT2D eigenvalue weighted by Crippen LogP contribution is 2.70. The molecule has 552 valence electrons. The van der Waals surface area contributed by atoms with Crippen LogP contribution in [0.1, 0.15) is 214 Å². The summed E-state index contributed by atoms with van der Waals surface area (Å²) in [5.74, 6) is 1.33. The minimum Gasteiger partial charge on any atom is -0.481 e. The molecule has 1 aliphatic heterocycles. The number of carboxylic acid groups (broad SMARTS) is 2. The van der Waals surface area contributed by atoms with E-state index in [0.29, 0.717) is 67.1 Å². The van der Waals surface area contributed by atoms with Crippen LogP contribution in [0.15, 0.2) is 46.6 Å². The molecule has 21 nitrogen and oxygen atoms in total. The maximum absolute atomic E-state index is 12.8. The first-order valence-corrected chi connectivity index (χ1v) is 37.2. The van der Waals surface area contributed by atoms with Crippen molar-refractivity contribution in [1.82, 2.24) is 4.90 Å². The van der Waals surface area contributed by atoms with Crippen molar-refractivity contribution < 1.29 is 68.8 Å². The number of carboxylic acids is 2. The van der Waals surface area contributed by atoms with Crippen LogP contribution in [0.4, 0.5) is 4.79 Å². The van der Waals surface area contributed by atoms with Crippen molar-refractivity contribution in [3.63, 3.8) is 0 Å². The lowest BCUT2D eigenvalue weighted by atomic mass is 9.43. The molecule has 6 N–H and O–H groups in total. The fourth-order valence-corrected chi connectivity index (χ4v) is 21.3. The van der Waals surface area contributed by atoms with Crippen LogP contribution < -0.4 is 0 Å². The second-order valence-corrected chi connectivity index (χ2v) is 33.0. The molecule has 1 heterocycles. The van der Waals surface area contributed by atoms with Gasteiger partial charge in [-0.3, -0.25) is 9.59 Å². The zero-order valence-electron chi connectivity index (χ0n) is 61.4. The van der Waals surface area contributed by atoms with Gasteiger partial charge in [-0.1, -0.05) is 102 Å². The van der Waals surface area contributed by atoms with Gasteiger partial charge in [-0.2, -0.15) is 0 Å². The number of aliphatic hydroxyl groups excluding tert-OH is 4. The van der Waals surface area contributed by atoms with E-state index in [2.05, 4.69) is 78.3 Å². The fourth-order valence-electron chi connectivity index (χ4n) is 21.2. The van der Waals surface area contributed by atoms with E-state index < -0.39 is 41.6 Å². The van der Waals surface area contributed by atoms with E-state index in [1.54, 1.807) is 26.0 Å². The number of likely N-dealkylation sites (N-methyl/N-ethyl adjacent to an activating group) is 1. The Bertz CT molecular complexity index is 3150. The zero-order valence-corrected chi connectivity index (χ0v) is 62.1. The van der Waals surface area contributed by atoms with Gasteiger partial charge in [0.25, 0.3) is 0 Å². The minimum absolute atomic E-state index is 0.00474. The summed E-state index contributed by atoms with van der Waals surface area (Å²) in [6.45, 7) is 28.9. The molecule has 0 unspecified atom stereocenters. The maximum Gasteiger partial charge on any atom is 0.403 e. The summed E-state index contributed by atoms with van der Waals surface area (Å²) in [6, 6.07) is 11.1. The number of hydrogen-bond acceptors (Lipinski definition) is 15. The number of esters is 1. The molecular weight excluding hydrogens is 1280 g/mol. The zero-order chi connectivity index (χ0) is 73.1. The number of nitrogens with zero attached hydrogens (tertiary/aromatic N) is 7. The Kier molecular flexibility index (Phi) is 28.8. The van der Waals surface area contributed by atoms with Crippen molar-refractivity contribution in [2.45, 2.75) is 235 Å². The molecule has 0 spiro atoms. The average molecular weight is 1400 g/mol. The van der Waals surface area contributed by atoms with Gasteiger partial charge in [0.2, 0.25) is 0 Å². The highest BCUT2D eigenvalue weighted by Gasteiger charge is 2.67. The SMILES string of the molecule is CC(C)COC(=O)Cl.CN1CCOCC1.C[C@H](CCC(=O)O)[C@H]1CC[C@H]2[C@@H]3[C@H](O)C[C@@H]4C[C@H](N=[N+]=[N-])CC[C@]4(C)[C@H]3C[C@H](O)[C@]12C.Cc1cccc(C)c1C(=O)O.Cc1cccc(C)c1C(=O)OCC(=O)CC[C@@H](C)[C@H]1CC[C@H]2[C@@H]3[C@H](O)C[C@@H]4C[C@H](N=[N+]=[N-])CC[C@]4(C)[C@H]3C[C@H](O)[C@]12C. The summed E-state index contributed by atoms with van der Waals surface area (Å²) in [7, 11) is 2.11. The molecular formula is C77H118ClN7O14. The molecule has 11 rings (SSSR count). The van der Waals surface area contributed by atoms with Gasteiger partial charge in [0, 0.05) is 59.4 Å². The number of fused-ring (bicyclic) bond motifs is 10. The number of ketones is 1. The van der Waals surface area contributed by atoms with E-state index >= 15 is 0 Å². The average Bonchev–Trinajstić information content (AvgIpc) is 1.68. The van der Waals surface area contributed by atoms with E-state index in [1.807, 2.05) is 52.0 Å². The minimum atomic E-state index is -0.847. The number of morpholine rings is 1. The van der Waals surface area contributed by atoms with Crippen LogP contribution in [0.25, 0.3) is 20.9 Å². The lowest BCUT2D eigenvalue weighted by Gasteiger charge is -2.63. The van der Waals surface area contributed by atoms with Crippen molar-refractivity contribution in [1.29, 1.82) is 0 Å². The Morgan fingerprint density at radius 2 is 1.04 bits per heavy atom. The van der Waals surface area contributed by atoms with Gasteiger partial charge in [0.15, 0.2) is 5.78 Å². The topological polar surface area (TPSA) is 335 Å². The largest absolute Gasteiger partial charge is 0.481 e. The number of ether oxygens (including phenoxy) is 3. The van der Waals surface area contributed by atoms with Crippen molar-refractivity contribution in [2.24, 2.45) is 109 Å². The predicted molar refractivity (Wildman–Crippen MR) is 381 cm³/mol. The van der Waals surface area contributed by atoms with Crippen LogP contribution in [-0.4, -0.2) is 148 Å². The normalized spacial score (nSPS) is 36.1. The third-order valence-corrected chi connectivity index (χ3v) is 26.8. The number of halogens is 1. The molecule has 0 radical (unpaired) electrons. The van der Waals surface area contributed by atoms with Crippen molar-refractivity contribution in [2.75, 3.05) is 46.6 Å². The molecule has 0 aromatic heterocycles. The molecule has 8 saturated carbocycles. The highest BCUT2D eigenvalue weighted by atomic mass is 35.5. The molecule has 8 aliphatic carbocycles. The van der Waals surface area contributed by atoms with E-state index in [1.165, 1.54) is 0 Å². The van der Waals surface area contributed by atoms with Gasteiger partial charge in [-0.25, -0.2) is 14.4 Å². The second-order valence-electron chi connectivity index (χ2n) is 32.7. The number of aryl methyl sites for hydroxylation is 4. The van der Waals surface area contributed by atoms with E-state index in [-0.39, 0.29) is 112 Å². The number of aromatic carboxylic acids is 1. The molecule has 0 amide bonds. The highest BCUT2D eigenvalue weighted by molar-refractivity contribution is 6.61. The molecule has 22 atom stereocenters. The molecule has 0 bridgehead atoms. The van der Waals surface area contributed by atoms with Crippen molar-refractivity contribution >= 4 is 40.7 Å². The summed E-state index contributed by atoms with van der Waals surface area (Å²) >= 11 is 4.86. The van der Waals surface area contributed by atoms with Gasteiger partial charge in [0.05, 0.1) is 55.4 Å². The van der Waals surface area contributed by atoms with Crippen LogP contribution in [0.2, 0.25) is 0 Å². The lowest BCUT2D eigenvalue weighted by Crippen LogP contribution is -2.62. The first kappa shape index (κ1) is 81.0. The number of hydrogen-bond donors (Lipinski definition) is 6. The lowest BCUT2D eigenvalue weighted by molar-refractivity contribution is -0.202. The summed E-state index contributed by atoms with van der Waals surface area (Å²) in [5, 5.41) is 72.2. The molecule has 9 aliphatic rings. The maximum atomic E-state index is 12.8. The first-order valence-electron chi connectivity index (χ1n) is 36.8. The Morgan fingerprint density at radius 1 is 0.616 bits per heavy atom. The first-order chi connectivity index (χ1) is 46.7. The third-order valence-electron chi connectivity index (χ3n) is 26.7. The third kappa shape index (κ3) is 18.5. The standard InChI is InChI=1S/C34H49N3O5.C24H39N3O4.C9H10O2.C5H9ClO2.C5H11NO/c1-19(9-10-24(38)18-42-32(41)30-20(2)7-6-8-21(30)3)25-11-12-26-31-27(17-29(40)34(25,26)5)33(4)14-13-23(36-37-35)15-22(33)16-28(31)39;1-13(4-7-21(30)31)16-5-6-17-22-18(12-20(29)24(16,17)3)23(2)9-8-15(26-27-25)10-14(23)11-19(22)28;1-6-4-3-5-7(2)8(6)9(10)11;1-4(2)3-8-5(6)7;1-6-2-4-7-5-3-6/h6-8,19,22-23,25-29,31,39-40H,9-18H2,1-5H3;13-20,22,28-29H,4-12H2,1-3H3,(H,30,31);3-5H,1-2H3,(H,10,11);4H,3H2,1-2H3;2-5H2,1H3/t19-,22+,23-,25-,26+,27+,28-,29+,31+,33+,34-;13-,14+,15-,16-,17+,18+,19-,20+,22+,23+,24-;;;/m11.../s1. The smallest absolute Gasteiger partial charge is 0.403 e. The van der Waals surface area contributed by atoms with E-state index in [4.69, 9.17) is 42.3 Å². The number of aliphatic hydroxyl groups is 4. The number of carbonyl (C=O) groups is 5. The molecule has 2 aromatic carbocycles. The number of benzene rings is 2. The molecule has 22 heteroatoms. The molecule has 2 aromatic rings. The summed E-state index contributed by atoms with van der Waals surface area (Å²) < 4.78 is 14.9. The summed E-state index contributed by atoms with van der Waals surface area (Å²) in [6.07, 6.45) is 12.5. The Labute approximate surface area is 592 Å². The number of rotatable bonds is 16. The summed E-state index contributed by atoms with van der Waals surface area (Å²) in [5.41, 5.74) is 20.9. The van der Waals surface area contributed by atoms with Gasteiger partial charge in [-0.15, -0.1) is 0 Å². The number of aliphatic carboxylic acids is 1. The van der Waals surface area contributed by atoms with Gasteiger partial charge in [0.1, 0.15) is 6.61 Å². The number of Topliss-reactive ketones (excluding diaryl/α,β-unsaturated/α-hetero) is 1. The van der Waals surface area contributed by atoms with Crippen LogP contribution in [0.3, 0.4) is 0 Å².